The third-order valence-electron chi connectivity index (χ3n) is 5.19. The van der Waals surface area contributed by atoms with Gasteiger partial charge in [0, 0.05) is 12.6 Å². The van der Waals surface area contributed by atoms with Crippen LogP contribution in [0.3, 0.4) is 0 Å². The number of carbonyl (C=O) groups excluding carboxylic acids is 2. The lowest BCUT2D eigenvalue weighted by Crippen LogP contribution is -2.43. The van der Waals surface area contributed by atoms with Crippen LogP contribution in [-0.2, 0) is 15.0 Å². The van der Waals surface area contributed by atoms with E-state index in [0.29, 0.717) is 18.7 Å². The molecular formula is C23H28N2O3. The SMILES string of the molecule is CC(Oc1ccccc1)C(=O)N[C@@H](C)CCNC(=O)C1(c2ccccc2)CC1. The first kappa shape index (κ1) is 19.9. The lowest BCUT2D eigenvalue weighted by atomic mass is 9.95. The standard InChI is InChI=1S/C23H28N2O3/c1-17(25-21(26)18(2)28-20-11-7-4-8-12-20)13-16-24-22(27)23(14-15-23)19-9-5-3-6-10-19/h3-12,17-18H,13-16H2,1-2H3,(H,24,27)(H,25,26)/t17-,18?/m0/s1. The molecule has 0 aliphatic heterocycles. The third-order valence-corrected chi connectivity index (χ3v) is 5.19. The second kappa shape index (κ2) is 8.91. The van der Waals surface area contributed by atoms with Crippen LogP contribution >= 0.6 is 0 Å². The number of carbonyl (C=O) groups is 2. The predicted octanol–water partition coefficient (Wildman–Crippen LogP) is 3.20. The summed E-state index contributed by atoms with van der Waals surface area (Å²) in [7, 11) is 0. The fourth-order valence-corrected chi connectivity index (χ4v) is 3.29. The van der Waals surface area contributed by atoms with Crippen LogP contribution in [0.4, 0.5) is 0 Å². The molecule has 5 heteroatoms. The molecule has 0 bridgehead atoms. The quantitative estimate of drug-likeness (QED) is 0.702. The average molecular weight is 380 g/mol. The highest BCUT2D eigenvalue weighted by Crippen LogP contribution is 2.48. The first-order chi connectivity index (χ1) is 13.5. The molecule has 28 heavy (non-hydrogen) atoms. The Morgan fingerprint density at radius 1 is 1.00 bits per heavy atom. The Kier molecular flexibility index (Phi) is 6.34. The van der Waals surface area contributed by atoms with Crippen LogP contribution in [0, 0.1) is 0 Å². The molecule has 0 aromatic heterocycles. The molecule has 148 valence electrons. The van der Waals surface area contributed by atoms with Gasteiger partial charge >= 0.3 is 0 Å². The Bertz CT molecular complexity index is 788. The monoisotopic (exact) mass is 380 g/mol. The van der Waals surface area contributed by atoms with Crippen LogP contribution in [0.25, 0.3) is 0 Å². The summed E-state index contributed by atoms with van der Waals surface area (Å²) in [5, 5.41) is 5.98. The molecule has 1 unspecified atom stereocenters. The van der Waals surface area contributed by atoms with Gasteiger partial charge in [-0.05, 0) is 50.8 Å². The molecule has 1 fully saturated rings. The van der Waals surface area contributed by atoms with E-state index in [1.54, 1.807) is 6.92 Å². The second-order valence-electron chi connectivity index (χ2n) is 7.48. The van der Waals surface area contributed by atoms with Crippen LogP contribution in [0.5, 0.6) is 5.75 Å². The minimum Gasteiger partial charge on any atom is -0.481 e. The number of benzene rings is 2. The Morgan fingerprint density at radius 2 is 1.61 bits per heavy atom. The lowest BCUT2D eigenvalue weighted by molar-refractivity contribution is -0.127. The summed E-state index contributed by atoms with van der Waals surface area (Å²) in [5.74, 6) is 0.587. The molecule has 2 aromatic carbocycles. The van der Waals surface area contributed by atoms with Crippen molar-refractivity contribution in [1.29, 1.82) is 0 Å². The number of hydrogen-bond acceptors (Lipinski definition) is 3. The van der Waals surface area contributed by atoms with Crippen LogP contribution < -0.4 is 15.4 Å². The number of para-hydroxylation sites is 1. The van der Waals surface area contributed by atoms with E-state index in [9.17, 15) is 9.59 Å². The van der Waals surface area contributed by atoms with Crippen molar-refractivity contribution in [3.8, 4) is 5.75 Å². The zero-order chi connectivity index (χ0) is 20.0. The van der Waals surface area contributed by atoms with Crippen molar-refractivity contribution in [2.75, 3.05) is 6.54 Å². The van der Waals surface area contributed by atoms with E-state index in [4.69, 9.17) is 4.74 Å². The molecule has 0 heterocycles. The Morgan fingerprint density at radius 3 is 2.21 bits per heavy atom. The van der Waals surface area contributed by atoms with E-state index in [2.05, 4.69) is 10.6 Å². The zero-order valence-electron chi connectivity index (χ0n) is 16.5. The molecule has 2 aromatic rings. The van der Waals surface area contributed by atoms with Gasteiger partial charge in [0.05, 0.1) is 5.41 Å². The first-order valence-corrected chi connectivity index (χ1v) is 9.87. The fraction of sp³-hybridized carbons (Fsp3) is 0.391. The smallest absolute Gasteiger partial charge is 0.260 e. The van der Waals surface area contributed by atoms with Crippen LogP contribution in [0.15, 0.2) is 60.7 Å². The lowest BCUT2D eigenvalue weighted by Gasteiger charge is -2.20. The maximum atomic E-state index is 12.6. The number of amides is 2. The minimum absolute atomic E-state index is 0.0542. The maximum Gasteiger partial charge on any atom is 0.260 e. The van der Waals surface area contributed by atoms with Gasteiger partial charge in [0.15, 0.2) is 6.10 Å². The Balaban J connectivity index is 1.40. The Hall–Kier alpha value is -2.82. The second-order valence-corrected chi connectivity index (χ2v) is 7.48. The first-order valence-electron chi connectivity index (χ1n) is 9.87. The molecule has 5 nitrogen and oxygen atoms in total. The molecule has 2 amide bonds. The van der Waals surface area contributed by atoms with E-state index in [1.165, 1.54) is 0 Å². The topological polar surface area (TPSA) is 67.4 Å². The van der Waals surface area contributed by atoms with Crippen LogP contribution in [0.1, 0.15) is 38.7 Å². The highest BCUT2D eigenvalue weighted by Gasteiger charge is 2.50. The number of nitrogens with one attached hydrogen (secondary N) is 2. The summed E-state index contributed by atoms with van der Waals surface area (Å²) in [5.41, 5.74) is 0.729. The average Bonchev–Trinajstić information content (AvgIpc) is 3.51. The number of rotatable bonds is 9. The molecule has 1 aliphatic rings. The molecule has 3 rings (SSSR count). The number of ether oxygens (including phenoxy) is 1. The van der Waals surface area contributed by atoms with Gasteiger partial charge in [-0.25, -0.2) is 0 Å². The van der Waals surface area contributed by atoms with E-state index in [0.717, 1.165) is 18.4 Å². The summed E-state index contributed by atoms with van der Waals surface area (Å²) < 4.78 is 5.64. The van der Waals surface area contributed by atoms with Crippen LogP contribution in [-0.4, -0.2) is 30.5 Å². The van der Waals surface area contributed by atoms with Gasteiger partial charge in [-0.1, -0.05) is 48.5 Å². The molecule has 0 radical (unpaired) electrons. The molecule has 1 saturated carbocycles. The van der Waals surface area contributed by atoms with Crippen molar-refractivity contribution in [3.63, 3.8) is 0 Å². The Labute approximate surface area is 166 Å². The van der Waals surface area contributed by atoms with Crippen molar-refractivity contribution in [2.45, 2.75) is 50.7 Å². The van der Waals surface area contributed by atoms with Crippen molar-refractivity contribution in [1.82, 2.24) is 10.6 Å². The largest absolute Gasteiger partial charge is 0.481 e. The predicted molar refractivity (Wildman–Crippen MR) is 109 cm³/mol. The molecule has 0 saturated heterocycles. The molecule has 0 spiro atoms. The molecular weight excluding hydrogens is 352 g/mol. The molecule has 1 aliphatic carbocycles. The van der Waals surface area contributed by atoms with E-state index in [1.807, 2.05) is 67.6 Å². The summed E-state index contributed by atoms with van der Waals surface area (Å²) in [6, 6.07) is 19.2. The summed E-state index contributed by atoms with van der Waals surface area (Å²) in [6.07, 6.45) is 1.88. The highest BCUT2D eigenvalue weighted by atomic mass is 16.5. The minimum atomic E-state index is -0.577. The van der Waals surface area contributed by atoms with Gasteiger partial charge in [-0.2, -0.15) is 0 Å². The summed E-state index contributed by atoms with van der Waals surface area (Å²) in [4.78, 5) is 24.9. The van der Waals surface area contributed by atoms with Crippen LogP contribution in [0.2, 0.25) is 0 Å². The van der Waals surface area contributed by atoms with Gasteiger partial charge in [-0.15, -0.1) is 0 Å². The normalized spacial score (nSPS) is 16.5. The van der Waals surface area contributed by atoms with Gasteiger partial charge in [-0.3, -0.25) is 9.59 Å². The van der Waals surface area contributed by atoms with E-state index < -0.39 is 6.10 Å². The van der Waals surface area contributed by atoms with Crippen molar-refractivity contribution >= 4 is 11.8 Å². The summed E-state index contributed by atoms with van der Waals surface area (Å²) in [6.45, 7) is 4.19. The van der Waals surface area contributed by atoms with E-state index in [-0.39, 0.29) is 23.3 Å². The van der Waals surface area contributed by atoms with Gasteiger partial charge < -0.3 is 15.4 Å². The number of hydrogen-bond donors (Lipinski definition) is 2. The molecule has 2 atom stereocenters. The van der Waals surface area contributed by atoms with Crippen molar-refractivity contribution in [3.05, 3.63) is 66.2 Å². The maximum absolute atomic E-state index is 12.6. The van der Waals surface area contributed by atoms with E-state index >= 15 is 0 Å². The van der Waals surface area contributed by atoms with Gasteiger partial charge in [0.2, 0.25) is 5.91 Å². The zero-order valence-corrected chi connectivity index (χ0v) is 16.5. The van der Waals surface area contributed by atoms with Crippen molar-refractivity contribution in [2.24, 2.45) is 0 Å². The highest BCUT2D eigenvalue weighted by molar-refractivity contribution is 5.91. The molecule has 2 N–H and O–H groups in total. The van der Waals surface area contributed by atoms with Gasteiger partial charge in [0.25, 0.3) is 5.91 Å². The van der Waals surface area contributed by atoms with Crippen molar-refractivity contribution < 1.29 is 14.3 Å². The fourth-order valence-electron chi connectivity index (χ4n) is 3.29. The summed E-state index contributed by atoms with van der Waals surface area (Å²) >= 11 is 0. The third kappa shape index (κ3) is 4.91. The van der Waals surface area contributed by atoms with Gasteiger partial charge in [0.1, 0.15) is 5.75 Å².